The summed E-state index contributed by atoms with van der Waals surface area (Å²) in [5.41, 5.74) is 0.911. The van der Waals surface area contributed by atoms with E-state index in [4.69, 9.17) is 11.7 Å². The molecule has 0 fully saturated rings. The van der Waals surface area contributed by atoms with Crippen molar-refractivity contribution in [2.45, 2.75) is 12.8 Å². The zero-order valence-electron chi connectivity index (χ0n) is 7.93. The predicted octanol–water partition coefficient (Wildman–Crippen LogP) is 2.28. The number of nitrogens with zero attached hydrogens (tertiary/aromatic N) is 1. The fraction of sp³-hybridized carbons (Fsp3) is 0.182. The van der Waals surface area contributed by atoms with Crippen LogP contribution < -0.4 is 0 Å². The Balaban J connectivity index is 2.67. The maximum absolute atomic E-state index is 11.4. The van der Waals surface area contributed by atoms with Gasteiger partial charge in [0.05, 0.1) is 13.0 Å². The second-order valence-electron chi connectivity index (χ2n) is 2.98. The molecule has 4 heteroatoms. The Kier molecular flexibility index (Phi) is 3.58. The van der Waals surface area contributed by atoms with Gasteiger partial charge in [-0.2, -0.15) is 0 Å². The Morgan fingerprint density at radius 3 is 2.27 bits per heavy atom. The number of hydrogen-bond donors (Lipinski definition) is 1. The molecule has 0 aliphatic carbocycles. The predicted molar refractivity (Wildman–Crippen MR) is 53.9 cm³/mol. The topological polar surface area (TPSA) is 58.7 Å². The van der Waals surface area contributed by atoms with Crippen LogP contribution >= 0.6 is 0 Å². The van der Waals surface area contributed by atoms with E-state index in [9.17, 15) is 9.59 Å². The highest BCUT2D eigenvalue weighted by atomic mass is 16.4. The average Bonchev–Trinajstić information content (AvgIpc) is 2.26. The van der Waals surface area contributed by atoms with E-state index in [1.165, 1.54) is 12.1 Å². The van der Waals surface area contributed by atoms with Gasteiger partial charge in [0.15, 0.2) is 11.5 Å². The van der Waals surface area contributed by atoms with Crippen LogP contribution in [-0.4, -0.2) is 16.9 Å². The lowest BCUT2D eigenvalue weighted by Crippen LogP contribution is -2.03. The number of aliphatic carboxylic acids is 1. The average molecular weight is 203 g/mol. The van der Waals surface area contributed by atoms with Crippen molar-refractivity contribution in [2.75, 3.05) is 0 Å². The van der Waals surface area contributed by atoms with Gasteiger partial charge in [0.2, 0.25) is 0 Å². The number of carboxylic acid groups (broad SMARTS) is 1. The van der Waals surface area contributed by atoms with Crippen LogP contribution in [-0.2, 0) is 4.79 Å². The van der Waals surface area contributed by atoms with E-state index in [0.29, 0.717) is 11.3 Å². The lowest BCUT2D eigenvalue weighted by Gasteiger charge is -1.98. The number of rotatable bonds is 4. The molecule has 0 radical (unpaired) electrons. The summed E-state index contributed by atoms with van der Waals surface area (Å²) in [5, 5.41) is 8.40. The lowest BCUT2D eigenvalue weighted by molar-refractivity contribution is -0.136. The zero-order chi connectivity index (χ0) is 11.3. The molecule has 0 aromatic heterocycles. The number of ketones is 1. The third-order valence-electron chi connectivity index (χ3n) is 1.88. The fourth-order valence-electron chi connectivity index (χ4n) is 1.09. The number of carboxylic acids is 1. The van der Waals surface area contributed by atoms with E-state index in [0.717, 1.165) is 0 Å². The van der Waals surface area contributed by atoms with Gasteiger partial charge in [0.1, 0.15) is 0 Å². The van der Waals surface area contributed by atoms with E-state index >= 15 is 0 Å². The molecule has 0 spiro atoms. The van der Waals surface area contributed by atoms with Crippen molar-refractivity contribution >= 4 is 17.4 Å². The smallest absolute Gasteiger partial charge is 0.303 e. The molecule has 0 unspecified atom stereocenters. The first-order chi connectivity index (χ1) is 7.13. The minimum Gasteiger partial charge on any atom is -0.481 e. The Hall–Kier alpha value is -2.15. The molecule has 1 rings (SSSR count). The minimum atomic E-state index is -0.985. The quantitative estimate of drug-likeness (QED) is 0.603. The molecule has 0 aliphatic heterocycles. The molecule has 0 saturated heterocycles. The van der Waals surface area contributed by atoms with Gasteiger partial charge in [-0.05, 0) is 0 Å². The highest BCUT2D eigenvalue weighted by molar-refractivity contribution is 5.97. The molecule has 1 N–H and O–H groups in total. The van der Waals surface area contributed by atoms with Crippen molar-refractivity contribution in [1.29, 1.82) is 0 Å². The Labute approximate surface area is 87.0 Å². The summed E-state index contributed by atoms with van der Waals surface area (Å²) >= 11 is 0. The summed E-state index contributed by atoms with van der Waals surface area (Å²) in [6.45, 7) is 6.72. The summed E-state index contributed by atoms with van der Waals surface area (Å²) in [5.74, 6) is -1.20. The van der Waals surface area contributed by atoms with Crippen molar-refractivity contribution in [2.24, 2.45) is 0 Å². The highest BCUT2D eigenvalue weighted by Crippen LogP contribution is 2.14. The van der Waals surface area contributed by atoms with Crippen LogP contribution in [0.1, 0.15) is 23.2 Å². The molecular formula is C11H9NO3. The lowest BCUT2D eigenvalue weighted by atomic mass is 10.1. The molecule has 1 aromatic carbocycles. The van der Waals surface area contributed by atoms with Crippen molar-refractivity contribution in [3.8, 4) is 0 Å². The first-order valence-corrected chi connectivity index (χ1v) is 4.36. The van der Waals surface area contributed by atoms with Gasteiger partial charge in [0.25, 0.3) is 0 Å². The van der Waals surface area contributed by atoms with Crippen LogP contribution in [0.5, 0.6) is 0 Å². The van der Waals surface area contributed by atoms with Crippen LogP contribution in [0.3, 0.4) is 0 Å². The Bertz CT molecular complexity index is 414. The van der Waals surface area contributed by atoms with Gasteiger partial charge < -0.3 is 5.11 Å². The van der Waals surface area contributed by atoms with Crippen LogP contribution in [0.2, 0.25) is 0 Å². The van der Waals surface area contributed by atoms with Gasteiger partial charge in [0, 0.05) is 12.0 Å². The number of Topliss-reactive ketones (excluding diaryl/α,β-unsaturated/α-hetero) is 1. The molecule has 15 heavy (non-hydrogen) atoms. The summed E-state index contributed by atoms with van der Waals surface area (Å²) < 4.78 is 0. The van der Waals surface area contributed by atoms with Crippen molar-refractivity contribution in [3.63, 3.8) is 0 Å². The summed E-state index contributed by atoms with van der Waals surface area (Å²) in [6.07, 6.45) is -0.171. The zero-order valence-corrected chi connectivity index (χ0v) is 7.93. The second-order valence-corrected chi connectivity index (χ2v) is 2.98. The standard InChI is InChI=1S/C11H9NO3/c1-12-9-4-2-8(3-5-9)10(13)6-7-11(14)15/h2-5H,6-7H2,(H,14,15). The first-order valence-electron chi connectivity index (χ1n) is 4.36. The molecule has 4 nitrogen and oxygen atoms in total. The third-order valence-corrected chi connectivity index (χ3v) is 1.88. The molecule has 0 saturated carbocycles. The number of benzene rings is 1. The molecule has 0 bridgehead atoms. The van der Waals surface area contributed by atoms with Gasteiger partial charge in [-0.25, -0.2) is 4.85 Å². The van der Waals surface area contributed by atoms with Crippen LogP contribution in [0.25, 0.3) is 4.85 Å². The van der Waals surface area contributed by atoms with Crippen molar-refractivity contribution in [3.05, 3.63) is 41.2 Å². The van der Waals surface area contributed by atoms with E-state index in [1.807, 2.05) is 0 Å². The molecule has 0 amide bonds. The highest BCUT2D eigenvalue weighted by Gasteiger charge is 2.07. The SMILES string of the molecule is [C-]#[N+]c1ccc(C(=O)CCC(=O)O)cc1. The summed E-state index contributed by atoms with van der Waals surface area (Å²) in [7, 11) is 0. The van der Waals surface area contributed by atoms with E-state index in [2.05, 4.69) is 4.85 Å². The van der Waals surface area contributed by atoms with Crippen molar-refractivity contribution in [1.82, 2.24) is 0 Å². The maximum atomic E-state index is 11.4. The van der Waals surface area contributed by atoms with E-state index < -0.39 is 5.97 Å². The summed E-state index contributed by atoms with van der Waals surface area (Å²) in [6, 6.07) is 6.16. The van der Waals surface area contributed by atoms with E-state index in [-0.39, 0.29) is 18.6 Å². The molecule has 76 valence electrons. The molecule has 1 aromatic rings. The third kappa shape index (κ3) is 3.24. The van der Waals surface area contributed by atoms with Gasteiger partial charge in [-0.1, -0.05) is 24.3 Å². The minimum absolute atomic E-state index is 0.00724. The van der Waals surface area contributed by atoms with Crippen LogP contribution in [0, 0.1) is 6.57 Å². The summed E-state index contributed by atoms with van der Waals surface area (Å²) in [4.78, 5) is 24.8. The first kappa shape index (κ1) is 10.9. The molecule has 0 atom stereocenters. The normalized spacial score (nSPS) is 9.27. The molecule has 0 aliphatic rings. The number of carbonyl (C=O) groups is 2. The van der Waals surface area contributed by atoms with Crippen LogP contribution in [0.15, 0.2) is 24.3 Å². The fourth-order valence-corrected chi connectivity index (χ4v) is 1.09. The van der Waals surface area contributed by atoms with Gasteiger partial charge in [-0.15, -0.1) is 0 Å². The Morgan fingerprint density at radius 2 is 1.80 bits per heavy atom. The maximum Gasteiger partial charge on any atom is 0.303 e. The number of carbonyl (C=O) groups excluding carboxylic acids is 1. The van der Waals surface area contributed by atoms with E-state index in [1.54, 1.807) is 12.1 Å². The van der Waals surface area contributed by atoms with Crippen molar-refractivity contribution < 1.29 is 14.7 Å². The van der Waals surface area contributed by atoms with Crippen LogP contribution in [0.4, 0.5) is 5.69 Å². The molecular weight excluding hydrogens is 194 g/mol. The monoisotopic (exact) mass is 203 g/mol. The van der Waals surface area contributed by atoms with Gasteiger partial charge >= 0.3 is 5.97 Å². The largest absolute Gasteiger partial charge is 0.481 e. The second kappa shape index (κ2) is 4.91. The Morgan fingerprint density at radius 1 is 1.20 bits per heavy atom. The van der Waals surface area contributed by atoms with Gasteiger partial charge in [-0.3, -0.25) is 9.59 Å². The molecule has 0 heterocycles. The number of hydrogen-bond acceptors (Lipinski definition) is 2.